The van der Waals surface area contributed by atoms with Gasteiger partial charge in [0.15, 0.2) is 0 Å². The summed E-state index contributed by atoms with van der Waals surface area (Å²) in [5.41, 5.74) is 4.03. The molecule has 130 valence electrons. The molecule has 0 aliphatic carbocycles. The van der Waals surface area contributed by atoms with Crippen LogP contribution in [0.15, 0.2) is 60.7 Å². The Labute approximate surface area is 156 Å². The van der Waals surface area contributed by atoms with Crippen molar-refractivity contribution in [2.75, 3.05) is 5.32 Å². The maximum absolute atomic E-state index is 12.7. The fraction of sp³-hybridized carbons (Fsp3) is 0.143. The fourth-order valence-electron chi connectivity index (χ4n) is 2.99. The number of aryl methyl sites for hydroxylation is 2. The Morgan fingerprint density at radius 1 is 1.08 bits per heavy atom. The molecule has 0 aliphatic heterocycles. The zero-order valence-electron chi connectivity index (χ0n) is 14.7. The topological polar surface area (TPSA) is 46.9 Å². The second kappa shape index (κ2) is 6.77. The lowest BCUT2D eigenvalue weighted by molar-refractivity contribution is 0.103. The van der Waals surface area contributed by atoms with Crippen LogP contribution < -0.4 is 5.32 Å². The van der Waals surface area contributed by atoms with E-state index in [1.54, 1.807) is 0 Å². The summed E-state index contributed by atoms with van der Waals surface area (Å²) in [4.78, 5) is 14.4. The summed E-state index contributed by atoms with van der Waals surface area (Å²) in [5, 5.41) is 8.69. The molecule has 0 atom stereocenters. The standard InChI is InChI=1S/C21H19N3OS/c1-14-8-6-7-11-18(14)22-20(25)19-12-17-15(2)23-24(21(17)26-19)13-16-9-4-3-5-10-16/h3-12H,13H2,1-2H3,(H,22,25). The van der Waals surface area contributed by atoms with Crippen LogP contribution in [0.3, 0.4) is 0 Å². The first-order valence-corrected chi connectivity index (χ1v) is 9.31. The molecule has 2 aromatic heterocycles. The Bertz CT molecular complexity index is 1080. The van der Waals surface area contributed by atoms with Crippen molar-refractivity contribution in [3.63, 3.8) is 0 Å². The van der Waals surface area contributed by atoms with Gasteiger partial charge in [-0.15, -0.1) is 11.3 Å². The Kier molecular flexibility index (Phi) is 4.31. The van der Waals surface area contributed by atoms with Gasteiger partial charge in [0.1, 0.15) is 4.83 Å². The van der Waals surface area contributed by atoms with Crippen LogP contribution in [0.5, 0.6) is 0 Å². The minimum absolute atomic E-state index is 0.0776. The van der Waals surface area contributed by atoms with E-state index in [-0.39, 0.29) is 5.91 Å². The number of nitrogens with zero attached hydrogens (tertiary/aromatic N) is 2. The summed E-state index contributed by atoms with van der Waals surface area (Å²) >= 11 is 1.49. The summed E-state index contributed by atoms with van der Waals surface area (Å²) < 4.78 is 1.98. The van der Waals surface area contributed by atoms with Gasteiger partial charge in [0.25, 0.3) is 5.91 Å². The van der Waals surface area contributed by atoms with E-state index in [0.29, 0.717) is 11.4 Å². The van der Waals surface area contributed by atoms with Crippen LogP contribution in [0.2, 0.25) is 0 Å². The molecule has 0 radical (unpaired) electrons. The lowest BCUT2D eigenvalue weighted by atomic mass is 10.2. The summed E-state index contributed by atoms with van der Waals surface area (Å²) in [6, 6.07) is 20.0. The van der Waals surface area contributed by atoms with Crippen molar-refractivity contribution < 1.29 is 4.79 Å². The predicted octanol–water partition coefficient (Wildman–Crippen LogP) is 5.02. The van der Waals surface area contributed by atoms with Gasteiger partial charge in [-0.1, -0.05) is 48.5 Å². The second-order valence-electron chi connectivity index (χ2n) is 6.33. The van der Waals surface area contributed by atoms with Crippen LogP contribution >= 0.6 is 11.3 Å². The molecule has 0 aliphatic rings. The number of para-hydroxylation sites is 1. The van der Waals surface area contributed by atoms with Crippen LogP contribution in [0.1, 0.15) is 26.5 Å². The number of anilines is 1. The van der Waals surface area contributed by atoms with Crippen LogP contribution in [0.25, 0.3) is 10.2 Å². The quantitative estimate of drug-likeness (QED) is 0.555. The third kappa shape index (κ3) is 3.13. The van der Waals surface area contributed by atoms with E-state index in [1.165, 1.54) is 16.9 Å². The molecule has 4 aromatic rings. The number of carbonyl (C=O) groups is 1. The van der Waals surface area contributed by atoms with Crippen molar-refractivity contribution in [2.24, 2.45) is 0 Å². The monoisotopic (exact) mass is 361 g/mol. The van der Waals surface area contributed by atoms with Gasteiger partial charge >= 0.3 is 0 Å². The highest BCUT2D eigenvalue weighted by molar-refractivity contribution is 7.20. The number of thiophene rings is 1. The fourth-order valence-corrected chi connectivity index (χ4v) is 4.04. The molecule has 4 rings (SSSR count). The molecular weight excluding hydrogens is 342 g/mol. The average molecular weight is 361 g/mol. The molecule has 5 heteroatoms. The molecular formula is C21H19N3OS. The summed E-state index contributed by atoms with van der Waals surface area (Å²) in [5.74, 6) is -0.0776. The molecule has 2 heterocycles. The van der Waals surface area contributed by atoms with Crippen LogP contribution in [0.4, 0.5) is 5.69 Å². The normalized spacial score (nSPS) is 11.0. The number of aromatic nitrogens is 2. The highest BCUT2D eigenvalue weighted by Gasteiger charge is 2.17. The molecule has 0 spiro atoms. The molecule has 0 saturated carbocycles. The Morgan fingerprint density at radius 2 is 1.81 bits per heavy atom. The molecule has 0 bridgehead atoms. The van der Waals surface area contributed by atoms with Gasteiger partial charge in [-0.2, -0.15) is 5.10 Å². The van der Waals surface area contributed by atoms with E-state index in [2.05, 4.69) is 22.5 Å². The van der Waals surface area contributed by atoms with Crippen molar-refractivity contribution in [1.29, 1.82) is 0 Å². The number of fused-ring (bicyclic) bond motifs is 1. The number of benzene rings is 2. The summed E-state index contributed by atoms with van der Waals surface area (Å²) in [6.07, 6.45) is 0. The number of rotatable bonds is 4. The average Bonchev–Trinajstić information content (AvgIpc) is 3.20. The van der Waals surface area contributed by atoms with Crippen molar-refractivity contribution in [1.82, 2.24) is 9.78 Å². The van der Waals surface area contributed by atoms with Gasteiger partial charge in [0, 0.05) is 11.1 Å². The summed E-state index contributed by atoms with van der Waals surface area (Å²) in [7, 11) is 0. The van der Waals surface area contributed by atoms with Crippen molar-refractivity contribution in [3.8, 4) is 0 Å². The van der Waals surface area contributed by atoms with Gasteiger partial charge in [0.2, 0.25) is 0 Å². The van der Waals surface area contributed by atoms with E-state index in [4.69, 9.17) is 0 Å². The first kappa shape index (κ1) is 16.5. The van der Waals surface area contributed by atoms with Gasteiger partial charge in [0.05, 0.1) is 17.1 Å². The van der Waals surface area contributed by atoms with E-state index >= 15 is 0 Å². The number of carbonyl (C=O) groups excluding carboxylic acids is 1. The van der Waals surface area contributed by atoms with E-state index in [9.17, 15) is 4.79 Å². The van der Waals surface area contributed by atoms with Crippen molar-refractivity contribution in [2.45, 2.75) is 20.4 Å². The maximum atomic E-state index is 12.7. The lowest BCUT2D eigenvalue weighted by Crippen LogP contribution is -2.11. The highest BCUT2D eigenvalue weighted by Crippen LogP contribution is 2.29. The minimum atomic E-state index is -0.0776. The lowest BCUT2D eigenvalue weighted by Gasteiger charge is -2.06. The molecule has 0 fully saturated rings. The molecule has 1 amide bonds. The first-order valence-electron chi connectivity index (χ1n) is 8.49. The highest BCUT2D eigenvalue weighted by atomic mass is 32.1. The zero-order chi connectivity index (χ0) is 18.1. The summed E-state index contributed by atoms with van der Waals surface area (Å²) in [6.45, 7) is 4.67. The third-order valence-electron chi connectivity index (χ3n) is 4.40. The Balaban J connectivity index is 1.64. The van der Waals surface area contributed by atoms with Crippen LogP contribution in [0, 0.1) is 13.8 Å². The molecule has 0 unspecified atom stereocenters. The number of amides is 1. The van der Waals surface area contributed by atoms with Gasteiger partial charge < -0.3 is 5.32 Å². The minimum Gasteiger partial charge on any atom is -0.321 e. The molecule has 2 aromatic carbocycles. The van der Waals surface area contributed by atoms with Gasteiger partial charge in [-0.05, 0) is 37.1 Å². The van der Waals surface area contributed by atoms with E-state index in [1.807, 2.05) is 67.1 Å². The molecule has 0 saturated heterocycles. The second-order valence-corrected chi connectivity index (χ2v) is 7.36. The molecule has 4 nitrogen and oxygen atoms in total. The smallest absolute Gasteiger partial charge is 0.265 e. The number of nitrogens with one attached hydrogen (secondary N) is 1. The Hall–Kier alpha value is -2.92. The van der Waals surface area contributed by atoms with E-state index in [0.717, 1.165) is 27.2 Å². The number of hydrogen-bond acceptors (Lipinski definition) is 3. The van der Waals surface area contributed by atoms with Crippen molar-refractivity contribution in [3.05, 3.63) is 82.4 Å². The van der Waals surface area contributed by atoms with E-state index < -0.39 is 0 Å². The van der Waals surface area contributed by atoms with Crippen molar-refractivity contribution >= 4 is 33.1 Å². The molecule has 1 N–H and O–H groups in total. The van der Waals surface area contributed by atoms with Crippen LogP contribution in [-0.2, 0) is 6.54 Å². The third-order valence-corrected chi connectivity index (χ3v) is 5.55. The molecule has 26 heavy (non-hydrogen) atoms. The Morgan fingerprint density at radius 3 is 2.58 bits per heavy atom. The van der Waals surface area contributed by atoms with Gasteiger partial charge in [-0.3, -0.25) is 9.48 Å². The largest absolute Gasteiger partial charge is 0.321 e. The first-order chi connectivity index (χ1) is 12.6. The van der Waals surface area contributed by atoms with Crippen LogP contribution in [-0.4, -0.2) is 15.7 Å². The predicted molar refractivity (Wildman–Crippen MR) is 107 cm³/mol. The maximum Gasteiger partial charge on any atom is 0.265 e. The zero-order valence-corrected chi connectivity index (χ0v) is 15.5. The SMILES string of the molecule is Cc1ccccc1NC(=O)c1cc2c(C)nn(Cc3ccccc3)c2s1. The van der Waals surface area contributed by atoms with Gasteiger partial charge in [-0.25, -0.2) is 0 Å². The number of hydrogen-bond donors (Lipinski definition) is 1.